The van der Waals surface area contributed by atoms with Gasteiger partial charge in [-0.3, -0.25) is 4.79 Å². The zero-order chi connectivity index (χ0) is 20.5. The average Bonchev–Trinajstić information content (AvgIpc) is 3.25. The molecule has 1 aromatic heterocycles. The molecule has 2 aromatic rings. The van der Waals surface area contributed by atoms with E-state index in [9.17, 15) is 26.4 Å². The minimum absolute atomic E-state index is 0.0241. The number of nitrogens with one attached hydrogen (secondary N) is 1. The summed E-state index contributed by atoms with van der Waals surface area (Å²) in [5.41, 5.74) is 0.345. The zero-order valence-electron chi connectivity index (χ0n) is 14.9. The van der Waals surface area contributed by atoms with Gasteiger partial charge in [0.25, 0.3) is 5.91 Å². The molecule has 28 heavy (non-hydrogen) atoms. The number of alkyl halides is 3. The number of benzene rings is 1. The molecule has 0 aliphatic carbocycles. The van der Waals surface area contributed by atoms with Crippen molar-refractivity contribution in [3.05, 3.63) is 42.2 Å². The van der Waals surface area contributed by atoms with Gasteiger partial charge in [-0.15, -0.1) is 13.2 Å². The fourth-order valence-electron chi connectivity index (χ4n) is 2.91. The molecule has 3 rings (SSSR count). The summed E-state index contributed by atoms with van der Waals surface area (Å²) in [5.74, 6) is -1.00. The first-order valence-corrected chi connectivity index (χ1v) is 9.84. The molecular weight excluding hydrogens is 399 g/mol. The third-order valence-corrected chi connectivity index (χ3v) is 6.13. The normalized spacial score (nSPS) is 15.6. The van der Waals surface area contributed by atoms with Crippen LogP contribution in [0.25, 0.3) is 0 Å². The van der Waals surface area contributed by atoms with Crippen molar-refractivity contribution in [1.82, 2.24) is 8.87 Å². The Morgan fingerprint density at radius 3 is 2.32 bits per heavy atom. The molecule has 1 aromatic carbocycles. The molecule has 1 aliphatic rings. The topological polar surface area (TPSA) is 80.6 Å². The molecule has 152 valence electrons. The largest absolute Gasteiger partial charge is 0.573 e. The number of hydrogen-bond donors (Lipinski definition) is 1. The molecule has 1 saturated heterocycles. The van der Waals surface area contributed by atoms with Crippen molar-refractivity contribution >= 4 is 21.6 Å². The fraction of sp³-hybridized carbons (Fsp3) is 0.353. The van der Waals surface area contributed by atoms with Crippen LogP contribution in [0.1, 0.15) is 23.3 Å². The van der Waals surface area contributed by atoms with E-state index in [1.807, 2.05) is 0 Å². The molecule has 1 N–H and O–H groups in total. The van der Waals surface area contributed by atoms with E-state index in [0.29, 0.717) is 13.1 Å². The van der Waals surface area contributed by atoms with Crippen LogP contribution in [0.15, 0.2) is 41.4 Å². The maximum absolute atomic E-state index is 12.6. The minimum Gasteiger partial charge on any atom is -0.406 e. The van der Waals surface area contributed by atoms with Crippen molar-refractivity contribution in [2.75, 3.05) is 18.4 Å². The van der Waals surface area contributed by atoms with Crippen molar-refractivity contribution in [2.24, 2.45) is 7.05 Å². The summed E-state index contributed by atoms with van der Waals surface area (Å²) in [6.07, 6.45) is -1.84. The van der Waals surface area contributed by atoms with Gasteiger partial charge in [0.2, 0.25) is 10.0 Å². The third kappa shape index (κ3) is 4.47. The zero-order valence-corrected chi connectivity index (χ0v) is 15.7. The molecule has 1 fully saturated rings. The van der Waals surface area contributed by atoms with Crippen LogP contribution in [-0.4, -0.2) is 42.6 Å². The van der Waals surface area contributed by atoms with E-state index in [1.54, 1.807) is 0 Å². The highest BCUT2D eigenvalue weighted by molar-refractivity contribution is 7.89. The first kappa shape index (κ1) is 20.2. The highest BCUT2D eigenvalue weighted by atomic mass is 32.2. The van der Waals surface area contributed by atoms with Crippen LogP contribution in [0.3, 0.4) is 0 Å². The number of nitrogens with zero attached hydrogens (tertiary/aromatic N) is 2. The van der Waals surface area contributed by atoms with Crippen molar-refractivity contribution in [2.45, 2.75) is 24.1 Å². The Morgan fingerprint density at radius 2 is 1.75 bits per heavy atom. The van der Waals surface area contributed by atoms with E-state index < -0.39 is 28.0 Å². The number of aryl methyl sites for hydroxylation is 1. The number of rotatable bonds is 5. The van der Waals surface area contributed by atoms with Gasteiger partial charge >= 0.3 is 6.36 Å². The number of carbonyl (C=O) groups excluding carboxylic acids is 1. The van der Waals surface area contributed by atoms with Gasteiger partial charge in [0.1, 0.15) is 16.3 Å². The minimum atomic E-state index is -4.80. The summed E-state index contributed by atoms with van der Waals surface area (Å²) in [4.78, 5) is 12.5. The van der Waals surface area contributed by atoms with Gasteiger partial charge in [-0.25, -0.2) is 8.42 Å². The van der Waals surface area contributed by atoms with Gasteiger partial charge < -0.3 is 14.6 Å². The SMILES string of the molecule is Cn1cc(S(=O)(=O)N2CCCC2)cc1C(=O)Nc1ccc(OC(F)(F)F)cc1. The second-order valence-electron chi connectivity index (χ2n) is 6.31. The number of halogens is 3. The Balaban J connectivity index is 1.74. The lowest BCUT2D eigenvalue weighted by atomic mass is 10.3. The van der Waals surface area contributed by atoms with E-state index >= 15 is 0 Å². The molecule has 0 bridgehead atoms. The molecule has 0 spiro atoms. The van der Waals surface area contributed by atoms with Crippen molar-refractivity contribution < 1.29 is 31.1 Å². The van der Waals surface area contributed by atoms with Crippen LogP contribution in [-0.2, 0) is 17.1 Å². The maximum Gasteiger partial charge on any atom is 0.573 e. The Kier molecular flexibility index (Phi) is 5.39. The highest BCUT2D eigenvalue weighted by Crippen LogP contribution is 2.25. The lowest BCUT2D eigenvalue weighted by Gasteiger charge is -2.13. The second kappa shape index (κ2) is 7.47. The summed E-state index contributed by atoms with van der Waals surface area (Å²) in [7, 11) is -2.12. The predicted molar refractivity (Wildman–Crippen MR) is 94.5 cm³/mol. The summed E-state index contributed by atoms with van der Waals surface area (Å²) >= 11 is 0. The van der Waals surface area contributed by atoms with E-state index in [0.717, 1.165) is 25.0 Å². The highest BCUT2D eigenvalue weighted by Gasteiger charge is 2.31. The van der Waals surface area contributed by atoms with Crippen LogP contribution in [0.4, 0.5) is 18.9 Å². The first-order chi connectivity index (χ1) is 13.1. The molecule has 7 nitrogen and oxygen atoms in total. The van der Waals surface area contributed by atoms with Gasteiger partial charge in [0.05, 0.1) is 0 Å². The van der Waals surface area contributed by atoms with Gasteiger partial charge in [-0.1, -0.05) is 0 Å². The van der Waals surface area contributed by atoms with Crippen molar-refractivity contribution in [3.63, 3.8) is 0 Å². The monoisotopic (exact) mass is 417 g/mol. The lowest BCUT2D eigenvalue weighted by molar-refractivity contribution is -0.274. The molecule has 1 amide bonds. The van der Waals surface area contributed by atoms with Gasteiger partial charge in [-0.05, 0) is 43.2 Å². The van der Waals surface area contributed by atoms with Crippen molar-refractivity contribution in [3.8, 4) is 5.75 Å². The molecular formula is C17H18F3N3O4S. The Labute approximate surface area is 159 Å². The standard InChI is InChI=1S/C17H18F3N3O4S/c1-22-11-14(28(25,26)23-8-2-3-9-23)10-15(22)16(24)21-12-4-6-13(7-5-12)27-17(18,19)20/h4-7,10-11H,2-3,8-9H2,1H3,(H,21,24). The molecule has 0 radical (unpaired) electrons. The van der Waals surface area contributed by atoms with Gasteiger partial charge in [0, 0.05) is 32.0 Å². The van der Waals surface area contributed by atoms with Crippen molar-refractivity contribution in [1.29, 1.82) is 0 Å². The molecule has 0 saturated carbocycles. The summed E-state index contributed by atoms with van der Waals surface area (Å²) in [5, 5.41) is 2.52. The number of carbonyl (C=O) groups is 1. The molecule has 0 atom stereocenters. The number of sulfonamides is 1. The van der Waals surface area contributed by atoms with E-state index in [-0.39, 0.29) is 16.3 Å². The Morgan fingerprint density at radius 1 is 1.14 bits per heavy atom. The van der Waals surface area contributed by atoms with Crippen LogP contribution in [0.2, 0.25) is 0 Å². The van der Waals surface area contributed by atoms with E-state index in [1.165, 1.54) is 40.3 Å². The van der Waals surface area contributed by atoms with E-state index in [4.69, 9.17) is 0 Å². The van der Waals surface area contributed by atoms with Gasteiger partial charge in [0.15, 0.2) is 0 Å². The fourth-order valence-corrected chi connectivity index (χ4v) is 4.50. The third-order valence-electron chi connectivity index (χ3n) is 4.26. The Bertz CT molecular complexity index is 963. The van der Waals surface area contributed by atoms with E-state index in [2.05, 4.69) is 10.1 Å². The number of ether oxygens (including phenoxy) is 1. The number of aromatic nitrogens is 1. The molecule has 11 heteroatoms. The van der Waals surface area contributed by atoms with Crippen LogP contribution in [0, 0.1) is 0 Å². The lowest BCUT2D eigenvalue weighted by Crippen LogP contribution is -2.27. The van der Waals surface area contributed by atoms with Crippen LogP contribution < -0.4 is 10.1 Å². The van der Waals surface area contributed by atoms with Crippen LogP contribution >= 0.6 is 0 Å². The quantitative estimate of drug-likeness (QED) is 0.811. The van der Waals surface area contributed by atoms with Gasteiger partial charge in [-0.2, -0.15) is 4.31 Å². The van der Waals surface area contributed by atoms with Crippen LogP contribution in [0.5, 0.6) is 5.75 Å². The number of anilines is 1. The molecule has 2 heterocycles. The average molecular weight is 417 g/mol. The maximum atomic E-state index is 12.6. The molecule has 0 unspecified atom stereocenters. The summed E-state index contributed by atoms with van der Waals surface area (Å²) in [6.45, 7) is 0.899. The second-order valence-corrected chi connectivity index (χ2v) is 8.25. The number of amides is 1. The Hall–Kier alpha value is -2.53. The summed E-state index contributed by atoms with van der Waals surface area (Å²) < 4.78 is 68.3. The first-order valence-electron chi connectivity index (χ1n) is 8.40. The summed E-state index contributed by atoms with van der Waals surface area (Å²) in [6, 6.07) is 5.92. The smallest absolute Gasteiger partial charge is 0.406 e. The molecule has 1 aliphatic heterocycles. The number of hydrogen-bond acceptors (Lipinski definition) is 4. The predicted octanol–water partition coefficient (Wildman–Crippen LogP) is 2.96.